The summed E-state index contributed by atoms with van der Waals surface area (Å²) in [6.07, 6.45) is 2.73. The van der Waals surface area contributed by atoms with Gasteiger partial charge in [0.1, 0.15) is 0 Å². The predicted molar refractivity (Wildman–Crippen MR) is 78.4 cm³/mol. The zero-order chi connectivity index (χ0) is 14.5. The third kappa shape index (κ3) is 4.06. The van der Waals surface area contributed by atoms with Gasteiger partial charge in [0.25, 0.3) is 5.91 Å². The smallest absolute Gasteiger partial charge is 0.251 e. The van der Waals surface area contributed by atoms with Crippen LogP contribution in [0.1, 0.15) is 36.5 Å². The van der Waals surface area contributed by atoms with Crippen LogP contribution in [0.25, 0.3) is 0 Å². The number of benzene rings is 1. The Morgan fingerprint density at radius 2 is 2.15 bits per heavy atom. The zero-order valence-corrected chi connectivity index (χ0v) is 11.7. The van der Waals surface area contributed by atoms with Crippen LogP contribution >= 0.6 is 0 Å². The molecule has 0 radical (unpaired) electrons. The highest BCUT2D eigenvalue weighted by Gasteiger charge is 2.28. The molecule has 1 aromatic rings. The van der Waals surface area contributed by atoms with Gasteiger partial charge in [-0.25, -0.2) is 0 Å². The Morgan fingerprint density at radius 3 is 2.80 bits per heavy atom. The molecule has 1 unspecified atom stereocenters. The van der Waals surface area contributed by atoms with Crippen molar-refractivity contribution in [1.82, 2.24) is 5.32 Å². The molecule has 1 aromatic carbocycles. The fourth-order valence-electron chi connectivity index (χ4n) is 1.99. The SMILES string of the molecule is CCC(=O)Nc1cccc(C(=O)NCC(N)C2CC2)c1. The van der Waals surface area contributed by atoms with Crippen molar-refractivity contribution in [2.75, 3.05) is 11.9 Å². The average Bonchev–Trinajstić information content (AvgIpc) is 3.29. The number of hydrogen-bond acceptors (Lipinski definition) is 3. The van der Waals surface area contributed by atoms with Gasteiger partial charge in [0.05, 0.1) is 0 Å². The molecule has 1 saturated carbocycles. The van der Waals surface area contributed by atoms with Crippen LogP contribution in [0.15, 0.2) is 24.3 Å². The van der Waals surface area contributed by atoms with Crippen LogP contribution < -0.4 is 16.4 Å². The number of amides is 2. The van der Waals surface area contributed by atoms with E-state index in [1.807, 2.05) is 0 Å². The summed E-state index contributed by atoms with van der Waals surface area (Å²) in [5.74, 6) is 0.331. The fraction of sp³-hybridized carbons (Fsp3) is 0.467. The van der Waals surface area contributed by atoms with Gasteiger partial charge < -0.3 is 16.4 Å². The van der Waals surface area contributed by atoms with Crippen LogP contribution in [0.3, 0.4) is 0 Å². The van der Waals surface area contributed by atoms with E-state index in [0.29, 0.717) is 30.1 Å². The molecule has 0 aromatic heterocycles. The third-order valence-electron chi connectivity index (χ3n) is 3.46. The van der Waals surface area contributed by atoms with Gasteiger partial charge in [0, 0.05) is 30.3 Å². The topological polar surface area (TPSA) is 84.2 Å². The molecule has 5 heteroatoms. The lowest BCUT2D eigenvalue weighted by Crippen LogP contribution is -2.38. The van der Waals surface area contributed by atoms with Crippen molar-refractivity contribution in [3.05, 3.63) is 29.8 Å². The van der Waals surface area contributed by atoms with E-state index in [2.05, 4.69) is 10.6 Å². The molecule has 0 bridgehead atoms. The van der Waals surface area contributed by atoms with Gasteiger partial charge in [0.15, 0.2) is 0 Å². The molecule has 0 aliphatic heterocycles. The van der Waals surface area contributed by atoms with Crippen molar-refractivity contribution in [2.24, 2.45) is 11.7 Å². The minimum Gasteiger partial charge on any atom is -0.350 e. The first-order valence-electron chi connectivity index (χ1n) is 7.04. The van der Waals surface area contributed by atoms with E-state index < -0.39 is 0 Å². The van der Waals surface area contributed by atoms with E-state index in [9.17, 15) is 9.59 Å². The van der Waals surface area contributed by atoms with Crippen molar-refractivity contribution >= 4 is 17.5 Å². The lowest BCUT2D eigenvalue weighted by Gasteiger charge is -2.12. The molecule has 0 spiro atoms. The van der Waals surface area contributed by atoms with E-state index in [-0.39, 0.29) is 17.9 Å². The highest BCUT2D eigenvalue weighted by Crippen LogP contribution is 2.31. The number of nitrogens with one attached hydrogen (secondary N) is 2. The van der Waals surface area contributed by atoms with Crippen LogP contribution in [-0.2, 0) is 4.79 Å². The standard InChI is InChI=1S/C15H21N3O2/c1-2-14(19)18-12-5-3-4-11(8-12)15(20)17-9-13(16)10-6-7-10/h3-5,8,10,13H,2,6-7,9,16H2,1H3,(H,17,20)(H,18,19). The fourth-order valence-corrected chi connectivity index (χ4v) is 1.99. The maximum atomic E-state index is 12.0. The Bertz CT molecular complexity index is 498. The van der Waals surface area contributed by atoms with E-state index in [0.717, 1.165) is 12.8 Å². The lowest BCUT2D eigenvalue weighted by molar-refractivity contribution is -0.115. The lowest BCUT2D eigenvalue weighted by atomic mass is 10.1. The number of anilines is 1. The van der Waals surface area contributed by atoms with Crippen LogP contribution in [0.5, 0.6) is 0 Å². The van der Waals surface area contributed by atoms with Gasteiger partial charge in [-0.1, -0.05) is 13.0 Å². The van der Waals surface area contributed by atoms with Crippen LogP contribution in [0.4, 0.5) is 5.69 Å². The van der Waals surface area contributed by atoms with E-state index >= 15 is 0 Å². The first kappa shape index (κ1) is 14.5. The average molecular weight is 275 g/mol. The molecule has 2 amide bonds. The van der Waals surface area contributed by atoms with Crippen LogP contribution in [-0.4, -0.2) is 24.4 Å². The van der Waals surface area contributed by atoms with Gasteiger partial charge in [-0.2, -0.15) is 0 Å². The third-order valence-corrected chi connectivity index (χ3v) is 3.46. The molecular formula is C15H21N3O2. The number of carbonyl (C=O) groups excluding carboxylic acids is 2. The molecule has 1 aliphatic rings. The van der Waals surface area contributed by atoms with Gasteiger partial charge >= 0.3 is 0 Å². The van der Waals surface area contributed by atoms with Crippen molar-refractivity contribution in [1.29, 1.82) is 0 Å². The maximum Gasteiger partial charge on any atom is 0.251 e. The largest absolute Gasteiger partial charge is 0.350 e. The van der Waals surface area contributed by atoms with Crippen LogP contribution in [0.2, 0.25) is 0 Å². The molecular weight excluding hydrogens is 254 g/mol. The second kappa shape index (κ2) is 6.52. The number of rotatable bonds is 6. The van der Waals surface area contributed by atoms with E-state index in [1.54, 1.807) is 31.2 Å². The molecule has 20 heavy (non-hydrogen) atoms. The van der Waals surface area contributed by atoms with Gasteiger partial charge in [-0.15, -0.1) is 0 Å². The minimum atomic E-state index is -0.159. The summed E-state index contributed by atoms with van der Waals surface area (Å²) in [7, 11) is 0. The molecule has 1 aliphatic carbocycles. The molecule has 1 fully saturated rings. The molecule has 108 valence electrons. The Balaban J connectivity index is 1.91. The molecule has 5 nitrogen and oxygen atoms in total. The highest BCUT2D eigenvalue weighted by molar-refractivity contribution is 5.97. The second-order valence-corrected chi connectivity index (χ2v) is 5.19. The summed E-state index contributed by atoms with van der Waals surface area (Å²) >= 11 is 0. The molecule has 1 atom stereocenters. The maximum absolute atomic E-state index is 12.0. The Kier molecular flexibility index (Phi) is 4.74. The first-order chi connectivity index (χ1) is 9.60. The summed E-state index contributed by atoms with van der Waals surface area (Å²) in [4.78, 5) is 23.4. The molecule has 0 saturated heterocycles. The quantitative estimate of drug-likeness (QED) is 0.735. The van der Waals surface area contributed by atoms with Gasteiger partial charge in [0.2, 0.25) is 5.91 Å². The Labute approximate surface area is 118 Å². The summed E-state index contributed by atoms with van der Waals surface area (Å²) in [5.41, 5.74) is 7.11. The first-order valence-corrected chi connectivity index (χ1v) is 7.04. The van der Waals surface area contributed by atoms with E-state index in [1.165, 1.54) is 0 Å². The Hall–Kier alpha value is -1.88. The number of hydrogen-bond donors (Lipinski definition) is 3. The Morgan fingerprint density at radius 1 is 1.40 bits per heavy atom. The van der Waals surface area contributed by atoms with Crippen molar-refractivity contribution in [3.8, 4) is 0 Å². The van der Waals surface area contributed by atoms with Crippen LogP contribution in [0, 0.1) is 5.92 Å². The second-order valence-electron chi connectivity index (χ2n) is 5.19. The number of carbonyl (C=O) groups is 2. The molecule has 4 N–H and O–H groups in total. The van der Waals surface area contributed by atoms with Crippen molar-refractivity contribution < 1.29 is 9.59 Å². The zero-order valence-electron chi connectivity index (χ0n) is 11.7. The summed E-state index contributed by atoms with van der Waals surface area (Å²) in [6.45, 7) is 2.28. The van der Waals surface area contributed by atoms with Gasteiger partial charge in [-0.3, -0.25) is 9.59 Å². The van der Waals surface area contributed by atoms with Crippen molar-refractivity contribution in [3.63, 3.8) is 0 Å². The van der Waals surface area contributed by atoms with Gasteiger partial charge in [-0.05, 0) is 37.0 Å². The predicted octanol–water partition coefficient (Wildman–Crippen LogP) is 1.50. The number of nitrogens with two attached hydrogens (primary N) is 1. The minimum absolute atomic E-state index is 0.0435. The molecule has 2 rings (SSSR count). The summed E-state index contributed by atoms with van der Waals surface area (Å²) < 4.78 is 0. The normalized spacial score (nSPS) is 15.5. The highest BCUT2D eigenvalue weighted by atomic mass is 16.2. The summed E-state index contributed by atoms with van der Waals surface area (Å²) in [5, 5.41) is 5.57. The monoisotopic (exact) mass is 275 g/mol. The van der Waals surface area contributed by atoms with Crippen molar-refractivity contribution in [2.45, 2.75) is 32.2 Å². The molecule has 0 heterocycles. The summed E-state index contributed by atoms with van der Waals surface area (Å²) in [6, 6.07) is 6.95. The van der Waals surface area contributed by atoms with E-state index in [4.69, 9.17) is 5.73 Å².